The molecular formula is C10H12N4. The van der Waals surface area contributed by atoms with Crippen LogP contribution >= 0.6 is 0 Å². The van der Waals surface area contributed by atoms with Gasteiger partial charge in [0, 0.05) is 12.3 Å². The second-order valence-corrected chi connectivity index (χ2v) is 3.31. The molecule has 0 saturated carbocycles. The Morgan fingerprint density at radius 1 is 1.29 bits per heavy atom. The zero-order valence-electron chi connectivity index (χ0n) is 8.23. The van der Waals surface area contributed by atoms with Crippen LogP contribution in [0, 0.1) is 13.8 Å². The zero-order chi connectivity index (χ0) is 10.1. The van der Waals surface area contributed by atoms with Crippen LogP contribution in [0.4, 0.5) is 5.82 Å². The predicted molar refractivity (Wildman–Crippen MR) is 55.2 cm³/mol. The Hall–Kier alpha value is -1.84. The number of aryl methyl sites for hydroxylation is 2. The second kappa shape index (κ2) is 3.14. The minimum absolute atomic E-state index is 0.612. The van der Waals surface area contributed by atoms with Crippen molar-refractivity contribution in [1.82, 2.24) is 14.8 Å². The largest absolute Gasteiger partial charge is 0.384 e. The number of hydrogen-bond donors (Lipinski definition) is 1. The van der Waals surface area contributed by atoms with Crippen molar-refractivity contribution < 1.29 is 0 Å². The lowest BCUT2D eigenvalue weighted by molar-refractivity contribution is 0.840. The third kappa shape index (κ3) is 1.46. The molecule has 0 saturated heterocycles. The summed E-state index contributed by atoms with van der Waals surface area (Å²) in [6, 6.07) is 5.71. The van der Waals surface area contributed by atoms with Gasteiger partial charge >= 0.3 is 0 Å². The molecule has 0 unspecified atom stereocenters. The molecule has 0 aliphatic carbocycles. The van der Waals surface area contributed by atoms with Gasteiger partial charge in [-0.05, 0) is 31.5 Å². The van der Waals surface area contributed by atoms with E-state index in [9.17, 15) is 0 Å². The van der Waals surface area contributed by atoms with Crippen LogP contribution in [0.1, 0.15) is 11.3 Å². The summed E-state index contributed by atoms with van der Waals surface area (Å²) in [6.07, 6.45) is 1.75. The molecule has 2 heterocycles. The molecule has 0 fully saturated rings. The van der Waals surface area contributed by atoms with Gasteiger partial charge in [-0.1, -0.05) is 0 Å². The fraction of sp³-hybridized carbons (Fsp3) is 0.200. The van der Waals surface area contributed by atoms with Crippen molar-refractivity contribution in [2.75, 3.05) is 5.73 Å². The van der Waals surface area contributed by atoms with Crippen LogP contribution in [0.2, 0.25) is 0 Å². The van der Waals surface area contributed by atoms with E-state index < -0.39 is 0 Å². The first kappa shape index (κ1) is 8.74. The zero-order valence-corrected chi connectivity index (χ0v) is 8.23. The summed E-state index contributed by atoms with van der Waals surface area (Å²) in [7, 11) is 0. The van der Waals surface area contributed by atoms with E-state index >= 15 is 0 Å². The van der Waals surface area contributed by atoms with Gasteiger partial charge in [0.1, 0.15) is 5.82 Å². The number of anilines is 1. The molecule has 4 heteroatoms. The molecule has 0 atom stereocenters. The lowest BCUT2D eigenvalue weighted by Gasteiger charge is -2.02. The summed E-state index contributed by atoms with van der Waals surface area (Å²) in [6.45, 7) is 3.92. The van der Waals surface area contributed by atoms with Crippen molar-refractivity contribution in [3.63, 3.8) is 0 Å². The molecule has 4 nitrogen and oxygen atoms in total. The number of pyridine rings is 1. The Kier molecular flexibility index (Phi) is 1.96. The molecule has 0 aromatic carbocycles. The highest BCUT2D eigenvalue weighted by Crippen LogP contribution is 2.12. The normalized spacial score (nSPS) is 10.4. The molecule has 2 aromatic rings. The smallest absolute Gasteiger partial charge is 0.155 e. The minimum Gasteiger partial charge on any atom is -0.384 e. The highest BCUT2D eigenvalue weighted by atomic mass is 15.3. The van der Waals surface area contributed by atoms with Crippen LogP contribution in [-0.4, -0.2) is 14.8 Å². The maximum Gasteiger partial charge on any atom is 0.155 e. The van der Waals surface area contributed by atoms with Crippen molar-refractivity contribution in [1.29, 1.82) is 0 Å². The summed E-state index contributed by atoms with van der Waals surface area (Å²) in [5.74, 6) is 1.37. The van der Waals surface area contributed by atoms with E-state index in [1.165, 1.54) is 0 Å². The van der Waals surface area contributed by atoms with Crippen LogP contribution in [0.3, 0.4) is 0 Å². The predicted octanol–water partition coefficient (Wildman–Crippen LogP) is 1.47. The monoisotopic (exact) mass is 188 g/mol. The molecule has 0 amide bonds. The molecule has 72 valence electrons. The van der Waals surface area contributed by atoms with Crippen LogP contribution in [0.5, 0.6) is 0 Å². The quantitative estimate of drug-likeness (QED) is 0.737. The standard InChI is InChI=1S/C10H12N4/c1-7-3-4-12-10(5-7)14-9(11)6-8(2)13-14/h3-6H,11H2,1-2H3. The van der Waals surface area contributed by atoms with Gasteiger partial charge in [-0.15, -0.1) is 0 Å². The summed E-state index contributed by atoms with van der Waals surface area (Å²) >= 11 is 0. The topological polar surface area (TPSA) is 56.7 Å². The van der Waals surface area contributed by atoms with Gasteiger partial charge in [0.05, 0.1) is 5.69 Å². The lowest BCUT2D eigenvalue weighted by atomic mass is 10.3. The number of rotatable bonds is 1. The van der Waals surface area contributed by atoms with Gasteiger partial charge in [0.2, 0.25) is 0 Å². The van der Waals surface area contributed by atoms with Crippen molar-refractivity contribution >= 4 is 5.82 Å². The van der Waals surface area contributed by atoms with Gasteiger partial charge < -0.3 is 5.73 Å². The number of nitrogens with zero attached hydrogens (tertiary/aromatic N) is 3. The Bertz CT molecular complexity index is 459. The summed E-state index contributed by atoms with van der Waals surface area (Å²) in [5, 5.41) is 4.25. The summed E-state index contributed by atoms with van der Waals surface area (Å²) in [4.78, 5) is 4.20. The van der Waals surface area contributed by atoms with Crippen LogP contribution < -0.4 is 5.73 Å². The van der Waals surface area contributed by atoms with E-state index in [1.54, 1.807) is 10.9 Å². The van der Waals surface area contributed by atoms with Crippen LogP contribution in [0.15, 0.2) is 24.4 Å². The fourth-order valence-electron chi connectivity index (χ4n) is 1.34. The van der Waals surface area contributed by atoms with Crippen LogP contribution in [0.25, 0.3) is 5.82 Å². The van der Waals surface area contributed by atoms with Crippen molar-refractivity contribution in [2.45, 2.75) is 13.8 Å². The molecule has 0 aliphatic heterocycles. The van der Waals surface area contributed by atoms with Crippen LogP contribution in [-0.2, 0) is 0 Å². The van der Waals surface area contributed by atoms with Crippen molar-refractivity contribution in [3.05, 3.63) is 35.7 Å². The number of hydrogen-bond acceptors (Lipinski definition) is 3. The first-order chi connectivity index (χ1) is 6.66. The molecule has 0 spiro atoms. The number of aromatic nitrogens is 3. The van der Waals surface area contributed by atoms with E-state index in [4.69, 9.17) is 5.73 Å². The Morgan fingerprint density at radius 3 is 2.64 bits per heavy atom. The second-order valence-electron chi connectivity index (χ2n) is 3.31. The van der Waals surface area contributed by atoms with E-state index in [1.807, 2.05) is 32.0 Å². The molecule has 0 bridgehead atoms. The third-order valence-corrected chi connectivity index (χ3v) is 1.98. The first-order valence-corrected chi connectivity index (χ1v) is 4.42. The third-order valence-electron chi connectivity index (χ3n) is 1.98. The molecule has 2 N–H and O–H groups in total. The van der Waals surface area contributed by atoms with Gasteiger partial charge in [-0.25, -0.2) is 4.98 Å². The summed E-state index contributed by atoms with van der Waals surface area (Å²) in [5.41, 5.74) is 7.82. The highest BCUT2D eigenvalue weighted by Gasteiger charge is 2.04. The Morgan fingerprint density at radius 2 is 2.07 bits per heavy atom. The Labute approximate surface area is 82.4 Å². The molecule has 2 rings (SSSR count). The van der Waals surface area contributed by atoms with E-state index in [2.05, 4.69) is 10.1 Å². The number of nitrogens with two attached hydrogens (primary N) is 1. The minimum atomic E-state index is 0.612. The lowest BCUT2D eigenvalue weighted by Crippen LogP contribution is -2.03. The maximum absolute atomic E-state index is 5.78. The molecular weight excluding hydrogens is 176 g/mol. The van der Waals surface area contributed by atoms with Gasteiger partial charge in [-0.3, -0.25) is 0 Å². The van der Waals surface area contributed by atoms with Gasteiger partial charge in [-0.2, -0.15) is 9.78 Å². The molecule has 0 radical (unpaired) electrons. The van der Waals surface area contributed by atoms with E-state index in [0.29, 0.717) is 5.82 Å². The fourth-order valence-corrected chi connectivity index (χ4v) is 1.34. The SMILES string of the molecule is Cc1ccnc(-n2nc(C)cc2N)c1. The van der Waals surface area contributed by atoms with E-state index in [-0.39, 0.29) is 0 Å². The van der Waals surface area contributed by atoms with Crippen molar-refractivity contribution in [3.8, 4) is 5.82 Å². The van der Waals surface area contributed by atoms with Gasteiger partial charge in [0.25, 0.3) is 0 Å². The molecule has 2 aromatic heterocycles. The van der Waals surface area contributed by atoms with Crippen molar-refractivity contribution in [2.24, 2.45) is 0 Å². The Balaban J connectivity index is 2.54. The first-order valence-electron chi connectivity index (χ1n) is 4.42. The van der Waals surface area contributed by atoms with E-state index in [0.717, 1.165) is 17.1 Å². The average Bonchev–Trinajstić information content (AvgIpc) is 2.45. The average molecular weight is 188 g/mol. The molecule has 14 heavy (non-hydrogen) atoms. The highest BCUT2D eigenvalue weighted by molar-refractivity contribution is 5.39. The maximum atomic E-state index is 5.78. The van der Waals surface area contributed by atoms with Gasteiger partial charge in [0.15, 0.2) is 5.82 Å². The number of nitrogen functional groups attached to an aromatic ring is 1. The molecule has 0 aliphatic rings. The summed E-state index contributed by atoms with van der Waals surface area (Å²) < 4.78 is 1.64.